The number of hydrogen-bond acceptors (Lipinski definition) is 5. The second kappa shape index (κ2) is 10.0. The van der Waals surface area contributed by atoms with Gasteiger partial charge in [0.05, 0.1) is 29.3 Å². The topological polar surface area (TPSA) is 84.5 Å². The molecule has 37 heavy (non-hydrogen) atoms. The fraction of sp³-hybridized carbons (Fsp3) is 0.458. The van der Waals surface area contributed by atoms with Crippen molar-refractivity contribution in [1.29, 1.82) is 0 Å². The quantitative estimate of drug-likeness (QED) is 0.477. The predicted octanol–water partition coefficient (Wildman–Crippen LogP) is 3.87. The lowest BCUT2D eigenvalue weighted by atomic mass is 10.1. The van der Waals surface area contributed by atoms with E-state index in [1.54, 1.807) is 0 Å². The molecule has 1 saturated heterocycles. The summed E-state index contributed by atoms with van der Waals surface area (Å²) in [5, 5.41) is 9.47. The molecule has 0 aliphatic carbocycles. The maximum Gasteiger partial charge on any atom is 0.390 e. The fourth-order valence-corrected chi connectivity index (χ4v) is 5.65. The molecule has 1 N–H and O–H groups in total. The molecule has 1 aliphatic heterocycles. The first-order valence-electron chi connectivity index (χ1n) is 11.5. The summed E-state index contributed by atoms with van der Waals surface area (Å²) >= 11 is 0.696. The van der Waals surface area contributed by atoms with E-state index in [-0.39, 0.29) is 38.3 Å². The number of amides is 1. The van der Waals surface area contributed by atoms with Gasteiger partial charge in [-0.05, 0) is 25.3 Å². The first-order valence-corrected chi connectivity index (χ1v) is 12.4. The summed E-state index contributed by atoms with van der Waals surface area (Å²) in [4.78, 5) is 41.0. The Labute approximate surface area is 211 Å². The standard InChI is InChI=1S/C24H24F5N3O4S/c1-14-17-19(34)32(13-23(25,26)15-5-3-2-4-6-15)22(36)31(12-9-24(27,28)29)21(17)37-18(14)20(35)30-10-7-16(33)8-11-30/h2-6,16,33H,7-13H2,1H3. The Morgan fingerprint density at radius 3 is 2.27 bits per heavy atom. The van der Waals surface area contributed by atoms with Crippen molar-refractivity contribution in [3.63, 3.8) is 0 Å². The monoisotopic (exact) mass is 545 g/mol. The predicted molar refractivity (Wildman–Crippen MR) is 127 cm³/mol. The van der Waals surface area contributed by atoms with E-state index < -0.39 is 60.4 Å². The van der Waals surface area contributed by atoms with Crippen molar-refractivity contribution in [2.45, 2.75) is 57.5 Å². The molecular weight excluding hydrogens is 521 g/mol. The number of likely N-dealkylation sites (tertiary alicyclic amines) is 1. The zero-order chi connectivity index (χ0) is 27.1. The van der Waals surface area contributed by atoms with Crippen LogP contribution in [0.25, 0.3) is 10.2 Å². The van der Waals surface area contributed by atoms with Gasteiger partial charge in [0.2, 0.25) is 0 Å². The number of fused-ring (bicyclic) bond motifs is 1. The molecule has 0 radical (unpaired) electrons. The molecule has 13 heteroatoms. The third kappa shape index (κ3) is 5.47. The van der Waals surface area contributed by atoms with Crippen LogP contribution in [-0.4, -0.2) is 50.4 Å². The van der Waals surface area contributed by atoms with Crippen molar-refractivity contribution in [1.82, 2.24) is 14.0 Å². The highest BCUT2D eigenvalue weighted by atomic mass is 32.1. The van der Waals surface area contributed by atoms with Crippen molar-refractivity contribution in [3.8, 4) is 0 Å². The van der Waals surface area contributed by atoms with Crippen LogP contribution in [0.15, 0.2) is 39.9 Å². The first kappa shape index (κ1) is 27.0. The van der Waals surface area contributed by atoms with Crippen LogP contribution < -0.4 is 11.2 Å². The number of aromatic nitrogens is 2. The zero-order valence-corrected chi connectivity index (χ0v) is 20.5. The van der Waals surface area contributed by atoms with Crippen LogP contribution in [-0.2, 0) is 19.0 Å². The van der Waals surface area contributed by atoms with Gasteiger partial charge >= 0.3 is 11.9 Å². The van der Waals surface area contributed by atoms with Gasteiger partial charge in [-0.3, -0.25) is 18.7 Å². The Hall–Kier alpha value is -3.06. The molecule has 0 bridgehead atoms. The summed E-state index contributed by atoms with van der Waals surface area (Å²) in [6.45, 7) is -0.395. The van der Waals surface area contributed by atoms with Gasteiger partial charge in [-0.15, -0.1) is 11.3 Å². The Morgan fingerprint density at radius 1 is 1.05 bits per heavy atom. The minimum Gasteiger partial charge on any atom is -0.393 e. The number of carbonyl (C=O) groups excluding carboxylic acids is 1. The largest absolute Gasteiger partial charge is 0.393 e. The maximum atomic E-state index is 15.1. The number of rotatable bonds is 6. The summed E-state index contributed by atoms with van der Waals surface area (Å²) in [5.74, 6) is -4.17. The number of nitrogens with zero attached hydrogens (tertiary/aromatic N) is 3. The van der Waals surface area contributed by atoms with Crippen molar-refractivity contribution in [2.24, 2.45) is 0 Å². The van der Waals surface area contributed by atoms with Crippen LogP contribution in [0.4, 0.5) is 22.0 Å². The molecule has 3 heterocycles. The first-order chi connectivity index (χ1) is 17.3. The minimum absolute atomic E-state index is 0.0382. The molecule has 4 rings (SSSR count). The Balaban J connectivity index is 1.86. The van der Waals surface area contributed by atoms with Gasteiger partial charge in [0.15, 0.2) is 0 Å². The van der Waals surface area contributed by atoms with Crippen molar-refractivity contribution >= 4 is 27.5 Å². The number of thiophene rings is 1. The number of aliphatic hydroxyl groups excluding tert-OH is 1. The molecule has 200 valence electrons. The van der Waals surface area contributed by atoms with Crippen LogP contribution in [0.2, 0.25) is 0 Å². The lowest BCUT2D eigenvalue weighted by Gasteiger charge is -2.29. The average Bonchev–Trinajstić information content (AvgIpc) is 3.18. The molecule has 1 aromatic carbocycles. The summed E-state index contributed by atoms with van der Waals surface area (Å²) in [5.41, 5.74) is -2.76. The van der Waals surface area contributed by atoms with Gasteiger partial charge in [-0.1, -0.05) is 30.3 Å². The molecule has 1 fully saturated rings. The molecule has 3 aromatic rings. The number of piperidine rings is 1. The normalized spacial score (nSPS) is 15.5. The molecule has 1 amide bonds. The van der Waals surface area contributed by atoms with E-state index in [1.165, 1.54) is 30.0 Å². The molecule has 0 atom stereocenters. The summed E-state index contributed by atoms with van der Waals surface area (Å²) in [7, 11) is 0. The Morgan fingerprint density at radius 2 is 1.68 bits per heavy atom. The van der Waals surface area contributed by atoms with Crippen molar-refractivity contribution in [3.05, 3.63) is 67.2 Å². The van der Waals surface area contributed by atoms with Crippen LogP contribution >= 0.6 is 11.3 Å². The van der Waals surface area contributed by atoms with E-state index in [2.05, 4.69) is 0 Å². The smallest absolute Gasteiger partial charge is 0.390 e. The highest BCUT2D eigenvalue weighted by molar-refractivity contribution is 7.20. The molecule has 0 unspecified atom stereocenters. The lowest BCUT2D eigenvalue weighted by Crippen LogP contribution is -2.43. The number of aryl methyl sites for hydroxylation is 2. The Kier molecular flexibility index (Phi) is 7.30. The Bertz CT molecular complexity index is 1420. The van der Waals surface area contributed by atoms with Gasteiger partial charge in [0, 0.05) is 25.2 Å². The second-order valence-corrected chi connectivity index (χ2v) is 10.0. The van der Waals surface area contributed by atoms with E-state index in [4.69, 9.17) is 0 Å². The van der Waals surface area contributed by atoms with E-state index in [0.717, 1.165) is 12.1 Å². The second-order valence-electron chi connectivity index (χ2n) is 9.02. The van der Waals surface area contributed by atoms with Crippen molar-refractivity contribution < 1.29 is 31.9 Å². The third-order valence-corrected chi connectivity index (χ3v) is 7.71. The highest BCUT2D eigenvalue weighted by Crippen LogP contribution is 2.32. The number of carbonyl (C=O) groups is 1. The fourth-order valence-electron chi connectivity index (χ4n) is 4.36. The van der Waals surface area contributed by atoms with Gasteiger partial charge in [0.25, 0.3) is 17.4 Å². The number of alkyl halides is 5. The van der Waals surface area contributed by atoms with E-state index in [1.807, 2.05) is 0 Å². The van der Waals surface area contributed by atoms with Gasteiger partial charge < -0.3 is 10.0 Å². The molecule has 7 nitrogen and oxygen atoms in total. The van der Waals surface area contributed by atoms with Gasteiger partial charge in [-0.2, -0.15) is 22.0 Å². The molecule has 1 aliphatic rings. The molecule has 2 aromatic heterocycles. The number of halogens is 5. The SMILES string of the molecule is Cc1c(C(=O)N2CCC(O)CC2)sc2c1c(=O)n(CC(F)(F)c1ccccc1)c(=O)n2CCC(F)(F)F. The average molecular weight is 546 g/mol. The van der Waals surface area contributed by atoms with Crippen molar-refractivity contribution in [2.75, 3.05) is 13.1 Å². The summed E-state index contributed by atoms with van der Waals surface area (Å²) in [6.07, 6.45) is -5.96. The molecule has 0 spiro atoms. The molecule has 0 saturated carbocycles. The van der Waals surface area contributed by atoms with Crippen LogP contribution in [0.1, 0.15) is 40.1 Å². The van der Waals surface area contributed by atoms with Crippen LogP contribution in [0.5, 0.6) is 0 Å². The van der Waals surface area contributed by atoms with Crippen LogP contribution in [0, 0.1) is 6.92 Å². The maximum absolute atomic E-state index is 15.1. The van der Waals surface area contributed by atoms with Crippen LogP contribution in [0.3, 0.4) is 0 Å². The lowest BCUT2D eigenvalue weighted by molar-refractivity contribution is -0.136. The third-order valence-electron chi connectivity index (χ3n) is 6.41. The van der Waals surface area contributed by atoms with Gasteiger partial charge in [0.1, 0.15) is 4.83 Å². The molecular formula is C24H24F5N3O4S. The summed E-state index contributed by atoms with van der Waals surface area (Å²) in [6, 6.07) is 6.47. The minimum atomic E-state index is -4.65. The number of benzene rings is 1. The zero-order valence-electron chi connectivity index (χ0n) is 19.7. The number of hydrogen-bond donors (Lipinski definition) is 1. The van der Waals surface area contributed by atoms with E-state index >= 15 is 8.78 Å². The van der Waals surface area contributed by atoms with E-state index in [0.29, 0.717) is 28.7 Å². The van der Waals surface area contributed by atoms with Gasteiger partial charge in [-0.25, -0.2) is 4.79 Å². The van der Waals surface area contributed by atoms with E-state index in [9.17, 15) is 32.7 Å². The highest BCUT2D eigenvalue weighted by Gasteiger charge is 2.36. The number of aliphatic hydroxyl groups is 1. The summed E-state index contributed by atoms with van der Waals surface area (Å²) < 4.78 is 70.2.